The highest BCUT2D eigenvalue weighted by Crippen LogP contribution is 2.32. The minimum absolute atomic E-state index is 0.0613. The summed E-state index contributed by atoms with van der Waals surface area (Å²) in [6.45, 7) is 1.82. The van der Waals surface area contributed by atoms with Gasteiger partial charge in [-0.05, 0) is 25.7 Å². The Morgan fingerprint density at radius 3 is 2.57 bits per heavy atom. The summed E-state index contributed by atoms with van der Waals surface area (Å²) in [5.41, 5.74) is 0. The topological polar surface area (TPSA) is 83.5 Å². The quantitative estimate of drug-likeness (QED) is 0.670. The largest absolute Gasteiger partial charge is 0.481 e. The maximum absolute atomic E-state index is 11.3. The van der Waals surface area contributed by atoms with Crippen molar-refractivity contribution in [2.45, 2.75) is 32.2 Å². The molecule has 14 heavy (non-hydrogen) atoms. The van der Waals surface area contributed by atoms with Crippen LogP contribution in [0.4, 0.5) is 0 Å². The van der Waals surface area contributed by atoms with Crippen LogP contribution in [0.1, 0.15) is 26.2 Å². The fourth-order valence-corrected chi connectivity index (χ4v) is 2.58. The summed E-state index contributed by atoms with van der Waals surface area (Å²) in [7, 11) is -3.41. The van der Waals surface area contributed by atoms with Crippen LogP contribution in [0.3, 0.4) is 0 Å². The van der Waals surface area contributed by atoms with Crippen LogP contribution in [0.25, 0.3) is 0 Å². The molecule has 0 spiro atoms. The first-order chi connectivity index (χ1) is 6.41. The average Bonchev–Trinajstić information content (AvgIpc) is 2.82. The molecule has 1 aliphatic carbocycles. The third-order valence-electron chi connectivity index (χ3n) is 2.28. The fourth-order valence-electron chi connectivity index (χ4n) is 1.26. The first-order valence-corrected chi connectivity index (χ1v) is 6.28. The molecule has 5 nitrogen and oxygen atoms in total. The summed E-state index contributed by atoms with van der Waals surface area (Å²) in [6, 6.07) is -0.0613. The fraction of sp³-hybridized carbons (Fsp3) is 0.875. The lowest BCUT2D eigenvalue weighted by Crippen LogP contribution is -2.36. The second kappa shape index (κ2) is 4.27. The zero-order chi connectivity index (χ0) is 10.8. The molecule has 0 aromatic rings. The zero-order valence-corrected chi connectivity index (χ0v) is 8.88. The van der Waals surface area contributed by atoms with Gasteiger partial charge < -0.3 is 5.11 Å². The van der Waals surface area contributed by atoms with E-state index in [1.54, 1.807) is 0 Å². The van der Waals surface area contributed by atoms with Crippen molar-refractivity contribution < 1.29 is 18.3 Å². The van der Waals surface area contributed by atoms with E-state index in [9.17, 15) is 13.2 Å². The highest BCUT2D eigenvalue weighted by atomic mass is 32.2. The number of aliphatic carboxylic acids is 1. The first kappa shape index (κ1) is 11.5. The van der Waals surface area contributed by atoms with Crippen molar-refractivity contribution in [3.8, 4) is 0 Å². The summed E-state index contributed by atoms with van der Waals surface area (Å²) in [4.78, 5) is 10.2. The van der Waals surface area contributed by atoms with Crippen molar-refractivity contribution in [1.82, 2.24) is 4.72 Å². The smallest absolute Gasteiger partial charge is 0.304 e. The van der Waals surface area contributed by atoms with Crippen LogP contribution in [0, 0.1) is 5.92 Å². The van der Waals surface area contributed by atoms with E-state index in [0.29, 0.717) is 5.92 Å². The van der Waals surface area contributed by atoms with Gasteiger partial charge in [-0.2, -0.15) is 0 Å². The van der Waals surface area contributed by atoms with Gasteiger partial charge in [-0.1, -0.05) is 0 Å². The SMILES string of the molecule is CC(NS(=O)(=O)CCC(=O)O)C1CC1. The van der Waals surface area contributed by atoms with E-state index in [1.165, 1.54) is 0 Å². The predicted molar refractivity (Wildman–Crippen MR) is 51.4 cm³/mol. The Balaban J connectivity index is 2.36. The summed E-state index contributed by atoms with van der Waals surface area (Å²) in [5, 5.41) is 8.34. The molecule has 0 aliphatic heterocycles. The van der Waals surface area contributed by atoms with Crippen LogP contribution in [0.5, 0.6) is 0 Å². The zero-order valence-electron chi connectivity index (χ0n) is 8.06. The summed E-state index contributed by atoms with van der Waals surface area (Å²) in [5.74, 6) is -0.983. The molecule has 0 saturated heterocycles. The van der Waals surface area contributed by atoms with Gasteiger partial charge in [-0.25, -0.2) is 13.1 Å². The lowest BCUT2D eigenvalue weighted by Gasteiger charge is -2.12. The van der Waals surface area contributed by atoms with Crippen LogP contribution in [-0.2, 0) is 14.8 Å². The maximum atomic E-state index is 11.3. The van der Waals surface area contributed by atoms with Crippen molar-refractivity contribution in [2.75, 3.05) is 5.75 Å². The van der Waals surface area contributed by atoms with Gasteiger partial charge in [0.05, 0.1) is 12.2 Å². The average molecular weight is 221 g/mol. The third kappa shape index (κ3) is 4.06. The molecule has 82 valence electrons. The molecule has 0 heterocycles. The molecular weight excluding hydrogens is 206 g/mol. The summed E-state index contributed by atoms with van der Waals surface area (Å²) in [6.07, 6.45) is 1.78. The van der Waals surface area contributed by atoms with Crippen molar-refractivity contribution in [3.05, 3.63) is 0 Å². The molecule has 0 aromatic carbocycles. The number of carboxylic acids is 1. The van der Waals surface area contributed by atoms with E-state index in [1.807, 2.05) is 6.92 Å². The molecule has 1 unspecified atom stereocenters. The van der Waals surface area contributed by atoms with E-state index in [-0.39, 0.29) is 18.2 Å². The molecule has 1 saturated carbocycles. The molecular formula is C8H15NO4S. The Kier molecular flexibility index (Phi) is 3.49. The lowest BCUT2D eigenvalue weighted by atomic mass is 10.2. The van der Waals surface area contributed by atoms with E-state index in [4.69, 9.17) is 5.11 Å². The molecule has 0 amide bonds. The molecule has 1 rings (SSSR count). The molecule has 2 N–H and O–H groups in total. The molecule has 1 aliphatic rings. The number of hydrogen-bond donors (Lipinski definition) is 2. The number of carboxylic acid groups (broad SMARTS) is 1. The third-order valence-corrected chi connectivity index (χ3v) is 3.75. The molecule has 0 aromatic heterocycles. The summed E-state index contributed by atoms with van der Waals surface area (Å²) < 4.78 is 25.1. The lowest BCUT2D eigenvalue weighted by molar-refractivity contribution is -0.136. The van der Waals surface area contributed by atoms with Gasteiger partial charge in [0.1, 0.15) is 0 Å². The predicted octanol–water partition coefficient (Wildman–Crippen LogP) is 0.179. The van der Waals surface area contributed by atoms with Crippen molar-refractivity contribution in [1.29, 1.82) is 0 Å². The molecule has 0 bridgehead atoms. The van der Waals surface area contributed by atoms with E-state index in [2.05, 4.69) is 4.72 Å². The van der Waals surface area contributed by atoms with Gasteiger partial charge in [0.2, 0.25) is 10.0 Å². The van der Waals surface area contributed by atoms with Gasteiger partial charge >= 0.3 is 5.97 Å². The molecule has 1 atom stereocenters. The minimum atomic E-state index is -3.41. The Bertz CT molecular complexity index is 307. The second-order valence-corrected chi connectivity index (χ2v) is 5.58. The molecule has 1 fully saturated rings. The van der Waals surface area contributed by atoms with Gasteiger partial charge in [0, 0.05) is 6.04 Å². The standard InChI is InChI=1S/C8H15NO4S/c1-6(7-2-3-7)9-14(12,13)5-4-8(10)11/h6-7,9H,2-5H2,1H3,(H,10,11). The highest BCUT2D eigenvalue weighted by molar-refractivity contribution is 7.89. The van der Waals surface area contributed by atoms with Crippen LogP contribution in [-0.4, -0.2) is 31.3 Å². The van der Waals surface area contributed by atoms with Crippen LogP contribution >= 0.6 is 0 Å². The van der Waals surface area contributed by atoms with Crippen molar-refractivity contribution in [2.24, 2.45) is 5.92 Å². The monoisotopic (exact) mass is 221 g/mol. The Morgan fingerprint density at radius 1 is 1.57 bits per heavy atom. The first-order valence-electron chi connectivity index (χ1n) is 4.62. The Morgan fingerprint density at radius 2 is 2.14 bits per heavy atom. The number of carbonyl (C=O) groups is 1. The molecule has 6 heteroatoms. The van der Waals surface area contributed by atoms with Gasteiger partial charge in [0.15, 0.2) is 0 Å². The van der Waals surface area contributed by atoms with Crippen molar-refractivity contribution in [3.63, 3.8) is 0 Å². The number of hydrogen-bond acceptors (Lipinski definition) is 3. The van der Waals surface area contributed by atoms with Gasteiger partial charge in [-0.3, -0.25) is 4.79 Å². The van der Waals surface area contributed by atoms with Gasteiger partial charge in [-0.15, -0.1) is 0 Å². The minimum Gasteiger partial charge on any atom is -0.481 e. The van der Waals surface area contributed by atoms with Gasteiger partial charge in [0.25, 0.3) is 0 Å². The van der Waals surface area contributed by atoms with E-state index in [0.717, 1.165) is 12.8 Å². The normalized spacial score (nSPS) is 19.2. The Labute approximate surface area is 83.6 Å². The second-order valence-electron chi connectivity index (χ2n) is 3.71. The van der Waals surface area contributed by atoms with Crippen molar-refractivity contribution >= 4 is 16.0 Å². The highest BCUT2D eigenvalue weighted by Gasteiger charge is 2.30. The number of nitrogens with one attached hydrogen (secondary N) is 1. The van der Waals surface area contributed by atoms with Crippen LogP contribution in [0.15, 0.2) is 0 Å². The number of sulfonamides is 1. The van der Waals surface area contributed by atoms with E-state index >= 15 is 0 Å². The maximum Gasteiger partial charge on any atom is 0.304 e. The van der Waals surface area contributed by atoms with Crippen LogP contribution < -0.4 is 4.72 Å². The summed E-state index contributed by atoms with van der Waals surface area (Å²) >= 11 is 0. The Hall–Kier alpha value is -0.620. The number of rotatable bonds is 6. The van der Waals surface area contributed by atoms with E-state index < -0.39 is 16.0 Å². The molecule has 0 radical (unpaired) electrons. The van der Waals surface area contributed by atoms with Crippen LogP contribution in [0.2, 0.25) is 0 Å².